The maximum atomic E-state index is 13.5. The summed E-state index contributed by atoms with van der Waals surface area (Å²) in [7, 11) is 1.44. The molecule has 4 rings (SSSR count). The predicted octanol–water partition coefficient (Wildman–Crippen LogP) is 4.05. The Labute approximate surface area is 171 Å². The summed E-state index contributed by atoms with van der Waals surface area (Å²) in [6.45, 7) is 3.14. The molecule has 1 N–H and O–H groups in total. The summed E-state index contributed by atoms with van der Waals surface area (Å²) in [5.74, 6) is -0.609. The number of thiazole rings is 1. The second kappa shape index (κ2) is 8.59. The van der Waals surface area contributed by atoms with Gasteiger partial charge in [-0.05, 0) is 30.3 Å². The molecule has 1 aromatic heterocycles. The van der Waals surface area contributed by atoms with Crippen molar-refractivity contribution in [2.24, 2.45) is 0 Å². The molecule has 8 heteroatoms. The number of anilines is 2. The Hall–Kier alpha value is -2.97. The number of nitrogens with one attached hydrogen (secondary N) is 1. The number of rotatable bonds is 5. The first kappa shape index (κ1) is 19.4. The van der Waals surface area contributed by atoms with Crippen LogP contribution in [0, 0.1) is 5.82 Å². The highest BCUT2D eigenvalue weighted by Crippen LogP contribution is 2.29. The van der Waals surface area contributed by atoms with Crippen molar-refractivity contribution in [1.82, 2.24) is 4.98 Å². The van der Waals surface area contributed by atoms with Crippen molar-refractivity contribution in [3.8, 4) is 17.0 Å². The van der Waals surface area contributed by atoms with E-state index in [0.717, 1.165) is 48.8 Å². The number of morpholine rings is 1. The highest BCUT2D eigenvalue weighted by atomic mass is 32.1. The van der Waals surface area contributed by atoms with Crippen molar-refractivity contribution in [3.05, 3.63) is 59.2 Å². The number of carbonyl (C=O) groups is 1. The van der Waals surface area contributed by atoms with Crippen molar-refractivity contribution >= 4 is 28.1 Å². The number of benzene rings is 2. The average Bonchev–Trinajstić information content (AvgIpc) is 3.25. The van der Waals surface area contributed by atoms with Crippen LogP contribution in [-0.2, 0) is 4.74 Å². The van der Waals surface area contributed by atoms with Gasteiger partial charge in [-0.25, -0.2) is 9.37 Å². The summed E-state index contributed by atoms with van der Waals surface area (Å²) in [6.07, 6.45) is 0. The Bertz CT molecular complexity index is 1000. The minimum absolute atomic E-state index is 0.145. The number of nitrogens with zero attached hydrogens (tertiary/aromatic N) is 2. The maximum Gasteiger partial charge on any atom is 0.259 e. The zero-order valence-corrected chi connectivity index (χ0v) is 16.7. The number of methoxy groups -OCH3 is 1. The van der Waals surface area contributed by atoms with Crippen molar-refractivity contribution in [2.75, 3.05) is 43.6 Å². The number of ether oxygens (including phenoxy) is 2. The van der Waals surface area contributed by atoms with Gasteiger partial charge in [0.2, 0.25) is 0 Å². The summed E-state index contributed by atoms with van der Waals surface area (Å²) >= 11 is 1.61. The molecule has 0 saturated carbocycles. The molecule has 1 aliphatic heterocycles. The molecule has 6 nitrogen and oxygen atoms in total. The zero-order valence-electron chi connectivity index (χ0n) is 15.9. The minimum Gasteiger partial charge on any atom is -0.496 e. The van der Waals surface area contributed by atoms with Crippen molar-refractivity contribution in [1.29, 1.82) is 0 Å². The van der Waals surface area contributed by atoms with Crippen LogP contribution in [0.1, 0.15) is 10.4 Å². The lowest BCUT2D eigenvalue weighted by atomic mass is 10.1. The van der Waals surface area contributed by atoms with Crippen LogP contribution in [-0.4, -0.2) is 44.3 Å². The Kier molecular flexibility index (Phi) is 5.73. The molecule has 2 heterocycles. The van der Waals surface area contributed by atoms with E-state index in [-0.39, 0.29) is 5.56 Å². The summed E-state index contributed by atoms with van der Waals surface area (Å²) in [4.78, 5) is 19.4. The van der Waals surface area contributed by atoms with Crippen LogP contribution in [0.5, 0.6) is 5.75 Å². The lowest BCUT2D eigenvalue weighted by Gasteiger charge is -2.26. The Balaban J connectivity index is 1.46. The molecule has 0 unspecified atom stereocenters. The molecule has 150 valence electrons. The normalized spacial score (nSPS) is 13.9. The van der Waals surface area contributed by atoms with Crippen molar-refractivity contribution < 1.29 is 18.7 Å². The molecule has 0 atom stereocenters. The van der Waals surface area contributed by atoms with Gasteiger partial charge >= 0.3 is 0 Å². The van der Waals surface area contributed by atoms with Gasteiger partial charge in [0.25, 0.3) is 5.91 Å². The molecule has 0 radical (unpaired) electrons. The summed E-state index contributed by atoms with van der Waals surface area (Å²) in [6, 6.07) is 11.2. The van der Waals surface area contributed by atoms with E-state index in [1.165, 1.54) is 19.2 Å². The summed E-state index contributed by atoms with van der Waals surface area (Å²) in [5, 5.41) is 5.78. The van der Waals surface area contributed by atoms with Gasteiger partial charge in [-0.2, -0.15) is 0 Å². The molecular formula is C21H20FN3O3S. The second-order valence-corrected chi connectivity index (χ2v) is 7.33. The number of hydrogen-bond donors (Lipinski definition) is 1. The van der Waals surface area contributed by atoms with Crippen molar-refractivity contribution in [3.63, 3.8) is 0 Å². The lowest BCUT2D eigenvalue weighted by molar-refractivity contribution is 0.102. The van der Waals surface area contributed by atoms with E-state index in [0.29, 0.717) is 11.4 Å². The van der Waals surface area contributed by atoms with E-state index in [1.54, 1.807) is 23.5 Å². The highest BCUT2D eigenvalue weighted by Gasteiger charge is 2.16. The Morgan fingerprint density at radius 2 is 1.97 bits per heavy atom. The molecule has 1 saturated heterocycles. The van der Waals surface area contributed by atoms with Gasteiger partial charge in [-0.15, -0.1) is 11.3 Å². The largest absolute Gasteiger partial charge is 0.496 e. The minimum atomic E-state index is -0.495. The molecule has 0 spiro atoms. The van der Waals surface area contributed by atoms with Crippen molar-refractivity contribution in [2.45, 2.75) is 0 Å². The highest BCUT2D eigenvalue weighted by molar-refractivity contribution is 7.14. The number of halogens is 1. The molecule has 0 aliphatic carbocycles. The predicted molar refractivity (Wildman–Crippen MR) is 111 cm³/mol. The maximum absolute atomic E-state index is 13.5. The third-order valence-electron chi connectivity index (χ3n) is 4.62. The molecule has 3 aromatic rings. The monoisotopic (exact) mass is 413 g/mol. The molecule has 2 aromatic carbocycles. The topological polar surface area (TPSA) is 63.7 Å². The lowest BCUT2D eigenvalue weighted by Crippen LogP contribution is -2.36. The van der Waals surface area contributed by atoms with Gasteiger partial charge in [-0.3, -0.25) is 4.79 Å². The van der Waals surface area contributed by atoms with E-state index in [9.17, 15) is 9.18 Å². The zero-order chi connectivity index (χ0) is 20.2. The number of aromatic nitrogens is 1. The van der Waals surface area contributed by atoms with Gasteiger partial charge in [0.15, 0.2) is 5.13 Å². The van der Waals surface area contributed by atoms with Crippen LogP contribution in [0.25, 0.3) is 11.3 Å². The van der Waals surface area contributed by atoms with Gasteiger partial charge in [0.05, 0.1) is 31.6 Å². The van der Waals surface area contributed by atoms with Crippen LogP contribution in [0.3, 0.4) is 0 Å². The SMILES string of the molecule is COc1ccc(F)cc1C(=O)Nc1ccc(-c2csc(N3CCOCC3)n2)cc1. The fourth-order valence-electron chi connectivity index (χ4n) is 3.08. The van der Waals surface area contributed by atoms with Crippen LogP contribution < -0.4 is 15.0 Å². The summed E-state index contributed by atoms with van der Waals surface area (Å²) < 4.78 is 24.0. The fourth-order valence-corrected chi connectivity index (χ4v) is 3.97. The second-order valence-electron chi connectivity index (χ2n) is 6.49. The first-order valence-corrected chi connectivity index (χ1v) is 10.1. The van der Waals surface area contributed by atoms with Gasteiger partial charge in [0, 0.05) is 29.7 Å². The molecular weight excluding hydrogens is 393 g/mol. The van der Waals surface area contributed by atoms with Gasteiger partial charge in [-0.1, -0.05) is 12.1 Å². The molecule has 29 heavy (non-hydrogen) atoms. The first-order valence-electron chi connectivity index (χ1n) is 9.17. The third-order valence-corrected chi connectivity index (χ3v) is 5.52. The van der Waals surface area contributed by atoms with E-state index < -0.39 is 11.7 Å². The molecule has 0 bridgehead atoms. The fraction of sp³-hybridized carbons (Fsp3) is 0.238. The number of carbonyl (C=O) groups excluding carboxylic acids is 1. The molecule has 1 aliphatic rings. The van der Waals surface area contributed by atoms with E-state index in [2.05, 4.69) is 10.2 Å². The number of hydrogen-bond acceptors (Lipinski definition) is 6. The summed E-state index contributed by atoms with van der Waals surface area (Å²) in [5.41, 5.74) is 2.60. The van der Waals surface area contributed by atoms with Crippen LogP contribution >= 0.6 is 11.3 Å². The smallest absolute Gasteiger partial charge is 0.259 e. The van der Waals surface area contributed by atoms with Crippen LogP contribution in [0.15, 0.2) is 47.8 Å². The Morgan fingerprint density at radius 3 is 2.69 bits per heavy atom. The van der Waals surface area contributed by atoms with E-state index in [1.807, 2.05) is 17.5 Å². The van der Waals surface area contributed by atoms with Gasteiger partial charge < -0.3 is 19.7 Å². The standard InChI is InChI=1S/C21H20FN3O3S/c1-27-19-7-4-15(22)12-17(19)20(26)23-16-5-2-14(3-6-16)18-13-29-21(24-18)25-8-10-28-11-9-25/h2-7,12-13H,8-11H2,1H3,(H,23,26). The van der Waals surface area contributed by atoms with Gasteiger partial charge in [0.1, 0.15) is 11.6 Å². The first-order chi connectivity index (χ1) is 14.1. The quantitative estimate of drug-likeness (QED) is 0.684. The van der Waals surface area contributed by atoms with E-state index >= 15 is 0 Å². The van der Waals surface area contributed by atoms with Crippen LogP contribution in [0.2, 0.25) is 0 Å². The molecule has 1 amide bonds. The number of amides is 1. The Morgan fingerprint density at radius 1 is 1.21 bits per heavy atom. The third kappa shape index (κ3) is 4.38. The van der Waals surface area contributed by atoms with E-state index in [4.69, 9.17) is 14.5 Å². The van der Waals surface area contributed by atoms with Crippen LogP contribution in [0.4, 0.5) is 15.2 Å². The molecule has 1 fully saturated rings. The average molecular weight is 413 g/mol.